The molecular weight excluding hydrogens is 398 g/mol. The normalized spacial score (nSPS) is 15.8. The highest BCUT2D eigenvalue weighted by Gasteiger charge is 2.25. The zero-order valence-electron chi connectivity index (χ0n) is 17.3. The molecule has 9 nitrogen and oxygen atoms in total. The Hall–Kier alpha value is -2.17. The number of carbonyl (C=O) groups excluding carboxylic acids is 2. The second-order valence-corrected chi connectivity index (χ2v) is 9.17. The van der Waals surface area contributed by atoms with Gasteiger partial charge in [-0.3, -0.25) is 4.79 Å². The lowest BCUT2D eigenvalue weighted by molar-refractivity contribution is -0.124. The number of nitrogens with zero attached hydrogens (tertiary/aromatic N) is 2. The Morgan fingerprint density at radius 1 is 1.28 bits per heavy atom. The number of ether oxygens (including phenoxy) is 2. The van der Waals surface area contributed by atoms with E-state index in [0.717, 1.165) is 10.7 Å². The lowest BCUT2D eigenvalue weighted by Crippen LogP contribution is -2.38. The Kier molecular flexibility index (Phi) is 8.00. The number of carbonyl (C=O) groups is 2. The van der Waals surface area contributed by atoms with Crippen molar-refractivity contribution in [2.45, 2.75) is 31.2 Å². The molecule has 1 amide bonds. The summed E-state index contributed by atoms with van der Waals surface area (Å²) in [6.45, 7) is 5.49. The van der Waals surface area contributed by atoms with Gasteiger partial charge in [-0.1, -0.05) is 6.92 Å². The van der Waals surface area contributed by atoms with E-state index in [1.165, 1.54) is 26.2 Å². The molecule has 1 aromatic carbocycles. The number of hydrogen-bond donors (Lipinski definition) is 1. The van der Waals surface area contributed by atoms with Crippen LogP contribution in [-0.2, 0) is 24.3 Å². The summed E-state index contributed by atoms with van der Waals surface area (Å²) < 4.78 is 36.6. The van der Waals surface area contributed by atoms with Gasteiger partial charge in [0.2, 0.25) is 10.0 Å². The van der Waals surface area contributed by atoms with Crippen LogP contribution in [0.2, 0.25) is 0 Å². The molecular formula is C19H29N3O6S. The Morgan fingerprint density at radius 3 is 2.52 bits per heavy atom. The zero-order chi connectivity index (χ0) is 21.6. The van der Waals surface area contributed by atoms with Crippen molar-refractivity contribution in [2.75, 3.05) is 51.9 Å². The Morgan fingerprint density at radius 2 is 1.93 bits per heavy atom. The van der Waals surface area contributed by atoms with Crippen molar-refractivity contribution in [2.24, 2.45) is 0 Å². The van der Waals surface area contributed by atoms with Gasteiger partial charge in [0, 0.05) is 33.2 Å². The van der Waals surface area contributed by atoms with Crippen LogP contribution in [0.15, 0.2) is 23.1 Å². The van der Waals surface area contributed by atoms with Gasteiger partial charge in [0.05, 0.1) is 29.4 Å². The highest BCUT2D eigenvalue weighted by Crippen LogP contribution is 2.27. The van der Waals surface area contributed by atoms with E-state index in [4.69, 9.17) is 9.47 Å². The average Bonchev–Trinajstić information content (AvgIpc) is 2.71. The quantitative estimate of drug-likeness (QED) is 0.613. The minimum Gasteiger partial charge on any atom is -0.452 e. The van der Waals surface area contributed by atoms with E-state index in [9.17, 15) is 18.0 Å². The summed E-state index contributed by atoms with van der Waals surface area (Å²) in [6.07, 6.45) is 0.755. The number of amides is 1. The van der Waals surface area contributed by atoms with Crippen LogP contribution in [0.25, 0.3) is 0 Å². The molecule has 0 radical (unpaired) electrons. The summed E-state index contributed by atoms with van der Waals surface area (Å²) in [7, 11) is -0.890. The summed E-state index contributed by atoms with van der Waals surface area (Å²) in [4.78, 5) is 26.6. The number of hydrogen-bond acceptors (Lipinski definition) is 7. The number of anilines is 1. The van der Waals surface area contributed by atoms with Crippen molar-refractivity contribution in [3.8, 4) is 0 Å². The molecule has 0 aliphatic carbocycles. The van der Waals surface area contributed by atoms with E-state index in [-0.39, 0.29) is 16.5 Å². The van der Waals surface area contributed by atoms with Crippen LogP contribution >= 0.6 is 0 Å². The summed E-state index contributed by atoms with van der Waals surface area (Å²) in [5.74, 6) is -1.15. The van der Waals surface area contributed by atoms with Gasteiger partial charge in [-0.05, 0) is 31.5 Å². The molecule has 1 aliphatic rings. The molecule has 2 rings (SSSR count). The van der Waals surface area contributed by atoms with Crippen LogP contribution < -0.4 is 10.2 Å². The molecule has 1 N–H and O–H groups in total. The predicted octanol–water partition coefficient (Wildman–Crippen LogP) is 0.845. The highest BCUT2D eigenvalue weighted by atomic mass is 32.2. The number of benzene rings is 1. The van der Waals surface area contributed by atoms with Crippen molar-refractivity contribution in [1.29, 1.82) is 0 Å². The van der Waals surface area contributed by atoms with Crippen molar-refractivity contribution in [3.63, 3.8) is 0 Å². The molecule has 0 unspecified atom stereocenters. The summed E-state index contributed by atoms with van der Waals surface area (Å²) in [5.41, 5.74) is 0.657. The first-order valence-electron chi connectivity index (χ1n) is 9.52. The van der Waals surface area contributed by atoms with E-state index in [2.05, 4.69) is 5.32 Å². The number of rotatable bonds is 8. The van der Waals surface area contributed by atoms with Crippen LogP contribution in [0.1, 0.15) is 30.6 Å². The van der Waals surface area contributed by atoms with E-state index in [1.807, 2.05) is 18.7 Å². The highest BCUT2D eigenvalue weighted by molar-refractivity contribution is 7.89. The maximum atomic E-state index is 12.7. The largest absolute Gasteiger partial charge is 0.452 e. The molecule has 1 atom stereocenters. The van der Waals surface area contributed by atoms with Crippen molar-refractivity contribution in [3.05, 3.63) is 23.8 Å². The van der Waals surface area contributed by atoms with Gasteiger partial charge >= 0.3 is 5.97 Å². The molecule has 1 saturated heterocycles. The lowest BCUT2D eigenvalue weighted by Gasteiger charge is -2.30. The van der Waals surface area contributed by atoms with E-state index < -0.39 is 28.5 Å². The van der Waals surface area contributed by atoms with Crippen LogP contribution in [0.3, 0.4) is 0 Å². The van der Waals surface area contributed by atoms with E-state index in [0.29, 0.717) is 32.0 Å². The fraction of sp³-hybridized carbons (Fsp3) is 0.579. The monoisotopic (exact) mass is 427 g/mol. The third-order valence-corrected chi connectivity index (χ3v) is 6.48. The number of nitrogens with one attached hydrogen (secondary N) is 1. The Labute approximate surface area is 172 Å². The van der Waals surface area contributed by atoms with Crippen molar-refractivity contribution in [1.82, 2.24) is 9.62 Å². The molecule has 1 heterocycles. The fourth-order valence-electron chi connectivity index (χ4n) is 2.76. The maximum Gasteiger partial charge on any atom is 0.340 e. The minimum absolute atomic E-state index is 0.0180. The second kappa shape index (κ2) is 10.0. The van der Waals surface area contributed by atoms with Gasteiger partial charge in [0.15, 0.2) is 6.61 Å². The molecule has 1 aromatic rings. The molecule has 10 heteroatoms. The van der Waals surface area contributed by atoms with Crippen LogP contribution in [0.4, 0.5) is 5.69 Å². The molecule has 0 aromatic heterocycles. The lowest BCUT2D eigenvalue weighted by atomic mass is 10.1. The number of morpholine rings is 1. The summed E-state index contributed by atoms with van der Waals surface area (Å²) in [5, 5.41) is 2.72. The number of sulfonamides is 1. The molecule has 162 valence electrons. The standard InChI is InChI=1S/C19H29N3O6S/c1-5-14(2)20-18(23)13-28-19(24)16-12-15(29(25,26)21(3)4)6-7-17(16)22-8-10-27-11-9-22/h6-7,12,14H,5,8-11,13H2,1-4H3,(H,20,23)/t14-/m1/s1. The van der Waals surface area contributed by atoms with Gasteiger partial charge < -0.3 is 19.7 Å². The SMILES string of the molecule is CC[C@@H](C)NC(=O)COC(=O)c1cc(S(=O)(=O)N(C)C)ccc1N1CCOCC1. The molecule has 0 saturated carbocycles. The first-order valence-corrected chi connectivity index (χ1v) is 11.0. The predicted molar refractivity (Wildman–Crippen MR) is 109 cm³/mol. The van der Waals surface area contributed by atoms with Crippen molar-refractivity contribution < 1.29 is 27.5 Å². The molecule has 29 heavy (non-hydrogen) atoms. The van der Waals surface area contributed by atoms with Crippen LogP contribution in [0, 0.1) is 0 Å². The topological polar surface area (TPSA) is 105 Å². The van der Waals surface area contributed by atoms with Gasteiger partial charge in [-0.25, -0.2) is 17.5 Å². The first-order chi connectivity index (χ1) is 13.7. The summed E-state index contributed by atoms with van der Waals surface area (Å²) in [6, 6.07) is 4.33. The average molecular weight is 428 g/mol. The fourth-order valence-corrected chi connectivity index (χ4v) is 3.69. The van der Waals surface area contributed by atoms with Crippen molar-refractivity contribution >= 4 is 27.6 Å². The van der Waals surface area contributed by atoms with Crippen LogP contribution in [0.5, 0.6) is 0 Å². The summed E-state index contributed by atoms with van der Waals surface area (Å²) >= 11 is 0. The van der Waals surface area contributed by atoms with Gasteiger partial charge in [0.1, 0.15) is 0 Å². The molecule has 1 fully saturated rings. The van der Waals surface area contributed by atoms with Gasteiger partial charge in [-0.2, -0.15) is 0 Å². The molecule has 0 spiro atoms. The number of esters is 1. The molecule has 1 aliphatic heterocycles. The molecule has 0 bridgehead atoms. The zero-order valence-corrected chi connectivity index (χ0v) is 18.1. The Bertz CT molecular complexity index is 834. The van der Waals surface area contributed by atoms with E-state index >= 15 is 0 Å². The van der Waals surface area contributed by atoms with Crippen LogP contribution in [-0.4, -0.2) is 77.6 Å². The second-order valence-electron chi connectivity index (χ2n) is 7.02. The van der Waals surface area contributed by atoms with E-state index in [1.54, 1.807) is 6.07 Å². The van der Waals surface area contributed by atoms with Gasteiger partial charge in [0.25, 0.3) is 5.91 Å². The third kappa shape index (κ3) is 5.91. The smallest absolute Gasteiger partial charge is 0.340 e. The minimum atomic E-state index is -3.73. The van der Waals surface area contributed by atoms with Gasteiger partial charge in [-0.15, -0.1) is 0 Å². The Balaban J connectivity index is 2.29. The maximum absolute atomic E-state index is 12.7. The first kappa shape index (κ1) is 23.1. The third-order valence-electron chi connectivity index (χ3n) is 4.67.